The number of nitrogens with one attached hydrogen (secondary N) is 1. The van der Waals surface area contributed by atoms with Gasteiger partial charge in [-0.3, -0.25) is 0 Å². The third-order valence-corrected chi connectivity index (χ3v) is 3.82. The van der Waals surface area contributed by atoms with E-state index in [2.05, 4.69) is 51.2 Å². The van der Waals surface area contributed by atoms with Crippen molar-refractivity contribution in [1.29, 1.82) is 0 Å². The lowest BCUT2D eigenvalue weighted by Crippen LogP contribution is -2.28. The lowest BCUT2D eigenvalue weighted by Gasteiger charge is -2.22. The summed E-state index contributed by atoms with van der Waals surface area (Å²) < 4.78 is 0. The molecule has 18 heavy (non-hydrogen) atoms. The second-order valence-electron chi connectivity index (χ2n) is 5.51. The number of hydrogen-bond donors (Lipinski definition) is 1. The van der Waals surface area contributed by atoms with Crippen LogP contribution in [0.2, 0.25) is 5.02 Å². The molecule has 0 fully saturated rings. The Morgan fingerprint density at radius 1 is 1.28 bits per heavy atom. The molecule has 0 radical (unpaired) electrons. The van der Waals surface area contributed by atoms with Crippen LogP contribution >= 0.6 is 11.6 Å². The van der Waals surface area contributed by atoms with E-state index in [-0.39, 0.29) is 0 Å². The van der Waals surface area contributed by atoms with Crippen LogP contribution in [0.25, 0.3) is 0 Å². The average Bonchev–Trinajstić information content (AvgIpc) is 2.30. The molecule has 1 atom stereocenters. The number of benzene rings is 1. The molecule has 1 rings (SSSR count). The van der Waals surface area contributed by atoms with Gasteiger partial charge in [-0.15, -0.1) is 0 Å². The van der Waals surface area contributed by atoms with Crippen LogP contribution in [0.1, 0.15) is 38.3 Å². The van der Waals surface area contributed by atoms with Gasteiger partial charge in [0.15, 0.2) is 0 Å². The smallest absolute Gasteiger partial charge is 0.0440 e. The fraction of sp³-hybridized carbons (Fsp3) is 0.625. The van der Waals surface area contributed by atoms with Crippen LogP contribution in [0, 0.1) is 18.8 Å². The molecule has 102 valence electrons. The molecule has 1 N–H and O–H groups in total. The fourth-order valence-corrected chi connectivity index (χ4v) is 2.42. The molecule has 0 aliphatic heterocycles. The first kappa shape index (κ1) is 15.5. The molecule has 0 aliphatic carbocycles. The first-order valence-corrected chi connectivity index (χ1v) is 7.38. The summed E-state index contributed by atoms with van der Waals surface area (Å²) in [6.07, 6.45) is 2.25. The summed E-state index contributed by atoms with van der Waals surface area (Å²) in [5.41, 5.74) is 2.51. The maximum Gasteiger partial charge on any atom is 0.0440 e. The third kappa shape index (κ3) is 4.99. The minimum absolute atomic E-state index is 0.650. The van der Waals surface area contributed by atoms with Gasteiger partial charge in [0.2, 0.25) is 0 Å². The number of halogens is 1. The van der Waals surface area contributed by atoms with E-state index < -0.39 is 0 Å². The fourth-order valence-electron chi connectivity index (χ4n) is 2.11. The van der Waals surface area contributed by atoms with Crippen molar-refractivity contribution < 1.29 is 0 Å². The predicted molar refractivity (Wildman–Crippen MR) is 81.4 cm³/mol. The van der Waals surface area contributed by atoms with Gasteiger partial charge in [-0.1, -0.05) is 44.5 Å². The summed E-state index contributed by atoms with van der Waals surface area (Å²) in [5.74, 6) is 1.32. The minimum atomic E-state index is 0.650. The maximum atomic E-state index is 6.32. The standard InChI is InChI=1S/C16H26ClN/c1-5-8-18-11-15(12(2)3)10-14-7-6-13(4)9-16(14)17/h6-7,9,12,15,18H,5,8,10-11H2,1-4H3. The zero-order valence-corrected chi connectivity index (χ0v) is 12.8. The Hall–Kier alpha value is -0.530. The summed E-state index contributed by atoms with van der Waals surface area (Å²) in [4.78, 5) is 0. The van der Waals surface area contributed by atoms with Crippen molar-refractivity contribution in [3.8, 4) is 0 Å². The molecule has 0 bridgehead atoms. The summed E-state index contributed by atoms with van der Waals surface area (Å²) in [5, 5.41) is 4.44. The van der Waals surface area contributed by atoms with E-state index in [1.165, 1.54) is 17.5 Å². The van der Waals surface area contributed by atoms with Gasteiger partial charge in [0.1, 0.15) is 0 Å². The van der Waals surface area contributed by atoms with Crippen molar-refractivity contribution in [3.63, 3.8) is 0 Å². The van der Waals surface area contributed by atoms with Crippen molar-refractivity contribution in [2.24, 2.45) is 11.8 Å². The van der Waals surface area contributed by atoms with E-state index in [9.17, 15) is 0 Å². The van der Waals surface area contributed by atoms with Crippen molar-refractivity contribution in [1.82, 2.24) is 5.32 Å². The topological polar surface area (TPSA) is 12.0 Å². The lowest BCUT2D eigenvalue weighted by atomic mass is 9.89. The molecular weight excluding hydrogens is 242 g/mol. The Morgan fingerprint density at radius 3 is 2.56 bits per heavy atom. The quantitative estimate of drug-likeness (QED) is 0.719. The van der Waals surface area contributed by atoms with Crippen molar-refractivity contribution in [3.05, 3.63) is 34.3 Å². The molecule has 1 nitrogen and oxygen atoms in total. The normalized spacial score (nSPS) is 13.0. The van der Waals surface area contributed by atoms with Gasteiger partial charge < -0.3 is 5.32 Å². The van der Waals surface area contributed by atoms with Crippen molar-refractivity contribution in [2.75, 3.05) is 13.1 Å². The van der Waals surface area contributed by atoms with Crippen molar-refractivity contribution in [2.45, 2.75) is 40.5 Å². The molecule has 1 unspecified atom stereocenters. The van der Waals surface area contributed by atoms with Gasteiger partial charge in [-0.05, 0) is 61.9 Å². The number of rotatable bonds is 7. The SMILES string of the molecule is CCCNCC(Cc1ccc(C)cc1Cl)C(C)C. The Morgan fingerprint density at radius 2 is 2.00 bits per heavy atom. The maximum absolute atomic E-state index is 6.32. The van der Waals surface area contributed by atoms with E-state index in [0.29, 0.717) is 11.8 Å². The van der Waals surface area contributed by atoms with Crippen LogP contribution in [-0.4, -0.2) is 13.1 Å². The van der Waals surface area contributed by atoms with Gasteiger partial charge in [-0.2, -0.15) is 0 Å². The molecule has 0 heterocycles. The zero-order chi connectivity index (χ0) is 13.5. The highest BCUT2D eigenvalue weighted by Crippen LogP contribution is 2.23. The first-order chi connectivity index (χ1) is 8.54. The van der Waals surface area contributed by atoms with Gasteiger partial charge >= 0.3 is 0 Å². The second-order valence-corrected chi connectivity index (χ2v) is 5.91. The molecule has 1 aromatic rings. The predicted octanol–water partition coefficient (Wildman–Crippen LogP) is 4.46. The van der Waals surface area contributed by atoms with E-state index in [4.69, 9.17) is 11.6 Å². The van der Waals surface area contributed by atoms with Crippen LogP contribution in [0.3, 0.4) is 0 Å². The largest absolute Gasteiger partial charge is 0.316 e. The van der Waals surface area contributed by atoms with Gasteiger partial charge in [-0.25, -0.2) is 0 Å². The second kappa shape index (κ2) is 7.81. The molecule has 0 aromatic heterocycles. The molecule has 1 aromatic carbocycles. The third-order valence-electron chi connectivity index (χ3n) is 3.47. The van der Waals surface area contributed by atoms with Crippen LogP contribution in [0.15, 0.2) is 18.2 Å². The molecular formula is C16H26ClN. The summed E-state index contributed by atoms with van der Waals surface area (Å²) >= 11 is 6.32. The molecule has 0 amide bonds. The highest BCUT2D eigenvalue weighted by Gasteiger charge is 2.15. The zero-order valence-electron chi connectivity index (χ0n) is 12.1. The number of hydrogen-bond acceptors (Lipinski definition) is 1. The average molecular weight is 268 g/mol. The van der Waals surface area contributed by atoms with Crippen LogP contribution in [-0.2, 0) is 6.42 Å². The lowest BCUT2D eigenvalue weighted by molar-refractivity contribution is 0.361. The van der Waals surface area contributed by atoms with E-state index in [1.807, 2.05) is 0 Å². The monoisotopic (exact) mass is 267 g/mol. The Balaban J connectivity index is 2.64. The molecule has 0 saturated heterocycles. The summed E-state index contributed by atoms with van der Waals surface area (Å²) in [6.45, 7) is 11.0. The van der Waals surface area contributed by atoms with E-state index in [0.717, 1.165) is 24.5 Å². The van der Waals surface area contributed by atoms with Crippen LogP contribution in [0.4, 0.5) is 0 Å². The first-order valence-electron chi connectivity index (χ1n) is 7.00. The van der Waals surface area contributed by atoms with Crippen LogP contribution < -0.4 is 5.32 Å². The van der Waals surface area contributed by atoms with Gasteiger partial charge in [0.25, 0.3) is 0 Å². The molecule has 0 saturated carbocycles. The molecule has 0 aliphatic rings. The highest BCUT2D eigenvalue weighted by molar-refractivity contribution is 6.31. The summed E-state index contributed by atoms with van der Waals surface area (Å²) in [6, 6.07) is 6.39. The van der Waals surface area contributed by atoms with Gasteiger partial charge in [0.05, 0.1) is 0 Å². The van der Waals surface area contributed by atoms with Gasteiger partial charge in [0, 0.05) is 5.02 Å². The molecule has 2 heteroatoms. The highest BCUT2D eigenvalue weighted by atomic mass is 35.5. The minimum Gasteiger partial charge on any atom is -0.316 e. The number of aryl methyl sites for hydroxylation is 1. The Labute approximate surface area is 117 Å². The summed E-state index contributed by atoms with van der Waals surface area (Å²) in [7, 11) is 0. The Kier molecular flexibility index (Phi) is 6.73. The van der Waals surface area contributed by atoms with Crippen LogP contribution in [0.5, 0.6) is 0 Å². The van der Waals surface area contributed by atoms with E-state index >= 15 is 0 Å². The van der Waals surface area contributed by atoms with E-state index in [1.54, 1.807) is 0 Å². The Bertz CT molecular complexity index is 360. The molecule has 0 spiro atoms. The van der Waals surface area contributed by atoms with Crippen molar-refractivity contribution >= 4 is 11.6 Å².